The van der Waals surface area contributed by atoms with Crippen LogP contribution in [0.2, 0.25) is 0 Å². The fraction of sp³-hybridized carbons (Fsp3) is 0.667. The Hall–Kier alpha value is -0.870. The first-order valence-corrected chi connectivity index (χ1v) is 12.2. The molecule has 1 aromatic rings. The van der Waals surface area contributed by atoms with Gasteiger partial charge in [-0.2, -0.15) is 0 Å². The minimum absolute atomic E-state index is 0. The summed E-state index contributed by atoms with van der Waals surface area (Å²) >= 11 is 0. The molecule has 0 bridgehead atoms. The Bertz CT molecular complexity index is 757. The van der Waals surface area contributed by atoms with Crippen LogP contribution in [0.4, 0.5) is 0 Å². The number of likely N-dealkylation sites (tertiary alicyclic amines) is 1. The first kappa shape index (κ1) is 24.4. The van der Waals surface area contributed by atoms with Crippen LogP contribution in [0.3, 0.4) is 0 Å². The van der Waals surface area contributed by atoms with Crippen molar-refractivity contribution in [1.82, 2.24) is 14.5 Å². The van der Waals surface area contributed by atoms with Gasteiger partial charge in [-0.15, -0.1) is 24.0 Å². The van der Waals surface area contributed by atoms with Crippen molar-refractivity contribution in [2.24, 2.45) is 10.9 Å². The van der Waals surface area contributed by atoms with Gasteiger partial charge in [-0.1, -0.05) is 43.7 Å². The molecule has 0 amide bonds. The zero-order valence-corrected chi connectivity index (χ0v) is 20.7. The molecule has 6 nitrogen and oxygen atoms in total. The second kappa shape index (κ2) is 11.5. The van der Waals surface area contributed by atoms with E-state index in [0.717, 1.165) is 44.9 Å². The molecule has 0 radical (unpaired) electrons. The number of sulfonamides is 1. The van der Waals surface area contributed by atoms with Crippen molar-refractivity contribution in [2.75, 3.05) is 45.0 Å². The van der Waals surface area contributed by atoms with Gasteiger partial charge in [0, 0.05) is 32.7 Å². The minimum atomic E-state index is -3.04. The summed E-state index contributed by atoms with van der Waals surface area (Å²) in [4.78, 5) is 7.11. The normalized spacial score (nSPS) is 24.9. The lowest BCUT2D eigenvalue weighted by molar-refractivity contribution is 0.215. The summed E-state index contributed by atoms with van der Waals surface area (Å²) in [6.45, 7) is 8.76. The molecule has 2 aliphatic rings. The lowest BCUT2D eigenvalue weighted by Crippen LogP contribution is -2.48. The molecule has 1 N–H and O–H groups in total. The number of aliphatic imine (C=N–C) groups is 1. The van der Waals surface area contributed by atoms with Gasteiger partial charge in [-0.05, 0) is 37.2 Å². The first-order chi connectivity index (χ1) is 13.5. The van der Waals surface area contributed by atoms with Gasteiger partial charge in [0.05, 0.1) is 12.3 Å². The number of hydrogen-bond acceptors (Lipinski definition) is 3. The molecular weight excluding hydrogens is 499 g/mol. The van der Waals surface area contributed by atoms with Gasteiger partial charge in [0.15, 0.2) is 5.96 Å². The van der Waals surface area contributed by atoms with Crippen molar-refractivity contribution in [2.45, 2.75) is 39.0 Å². The molecule has 2 aliphatic heterocycles. The summed E-state index contributed by atoms with van der Waals surface area (Å²) in [5.41, 5.74) is 1.44. The average molecular weight is 535 g/mol. The quantitative estimate of drug-likeness (QED) is 0.346. The summed E-state index contributed by atoms with van der Waals surface area (Å²) < 4.78 is 25.5. The number of benzene rings is 1. The summed E-state index contributed by atoms with van der Waals surface area (Å²) in [5.74, 6) is 2.39. The van der Waals surface area contributed by atoms with Crippen LogP contribution in [0.25, 0.3) is 0 Å². The van der Waals surface area contributed by atoms with Crippen LogP contribution in [0.1, 0.15) is 44.6 Å². The minimum Gasteiger partial charge on any atom is -0.357 e. The Morgan fingerprint density at radius 2 is 1.97 bits per heavy atom. The lowest BCUT2D eigenvalue weighted by Gasteiger charge is -2.40. The standard InChI is InChI=1S/C21H34N4O2S.HI/c1-3-18-17-24(14-11-20(18)19-9-6-5-7-10-19)21(22-4-2)23-12-15-25-13-8-16-28(25,26)27;/h5-7,9-10,18,20H,3-4,8,11-17H2,1-2H3,(H,22,23);1H. The third kappa shape index (κ3) is 6.30. The summed E-state index contributed by atoms with van der Waals surface area (Å²) in [6, 6.07) is 10.8. The third-order valence-electron chi connectivity index (χ3n) is 5.93. The maximum atomic E-state index is 12.0. The van der Waals surface area contributed by atoms with Crippen LogP contribution >= 0.6 is 24.0 Å². The van der Waals surface area contributed by atoms with Crippen molar-refractivity contribution in [3.63, 3.8) is 0 Å². The van der Waals surface area contributed by atoms with Crippen LogP contribution < -0.4 is 5.32 Å². The molecule has 8 heteroatoms. The van der Waals surface area contributed by atoms with E-state index < -0.39 is 10.0 Å². The number of rotatable bonds is 6. The maximum Gasteiger partial charge on any atom is 0.214 e. The predicted molar refractivity (Wildman–Crippen MR) is 131 cm³/mol. The Balaban J connectivity index is 0.00000300. The molecule has 2 fully saturated rings. The van der Waals surface area contributed by atoms with E-state index in [-0.39, 0.29) is 29.7 Å². The molecule has 2 unspecified atom stereocenters. The van der Waals surface area contributed by atoms with E-state index in [4.69, 9.17) is 4.99 Å². The van der Waals surface area contributed by atoms with E-state index in [1.165, 1.54) is 5.56 Å². The van der Waals surface area contributed by atoms with E-state index >= 15 is 0 Å². The summed E-state index contributed by atoms with van der Waals surface area (Å²) in [7, 11) is -3.04. The second-order valence-electron chi connectivity index (χ2n) is 7.72. The van der Waals surface area contributed by atoms with E-state index in [0.29, 0.717) is 31.5 Å². The van der Waals surface area contributed by atoms with Crippen LogP contribution in [-0.2, 0) is 10.0 Å². The molecule has 2 heterocycles. The largest absolute Gasteiger partial charge is 0.357 e. The van der Waals surface area contributed by atoms with Crippen molar-refractivity contribution >= 4 is 40.0 Å². The fourth-order valence-corrected chi connectivity index (χ4v) is 5.93. The predicted octanol–water partition coefficient (Wildman–Crippen LogP) is 3.12. The van der Waals surface area contributed by atoms with Gasteiger partial charge in [0.2, 0.25) is 10.0 Å². The highest BCUT2D eigenvalue weighted by Crippen LogP contribution is 2.34. The first-order valence-electron chi connectivity index (χ1n) is 10.6. The van der Waals surface area contributed by atoms with Crippen LogP contribution in [0.15, 0.2) is 35.3 Å². The SMILES string of the molecule is CCNC(=NCCN1CCCS1(=O)=O)N1CCC(c2ccccc2)C(CC)C1.I. The number of piperidine rings is 1. The van der Waals surface area contributed by atoms with Gasteiger partial charge in [-0.25, -0.2) is 12.7 Å². The molecule has 1 aromatic carbocycles. The van der Waals surface area contributed by atoms with Gasteiger partial charge < -0.3 is 10.2 Å². The topological polar surface area (TPSA) is 65.0 Å². The Morgan fingerprint density at radius 1 is 1.21 bits per heavy atom. The Morgan fingerprint density at radius 3 is 2.59 bits per heavy atom. The number of hydrogen-bond donors (Lipinski definition) is 1. The van der Waals surface area contributed by atoms with Gasteiger partial charge >= 0.3 is 0 Å². The second-order valence-corrected chi connectivity index (χ2v) is 9.81. The van der Waals surface area contributed by atoms with Gasteiger partial charge in [-0.3, -0.25) is 4.99 Å². The summed E-state index contributed by atoms with van der Waals surface area (Å²) in [5, 5.41) is 3.41. The van der Waals surface area contributed by atoms with Crippen molar-refractivity contribution in [3.05, 3.63) is 35.9 Å². The molecule has 0 aliphatic carbocycles. The molecule has 29 heavy (non-hydrogen) atoms. The monoisotopic (exact) mass is 534 g/mol. The zero-order valence-electron chi connectivity index (χ0n) is 17.6. The lowest BCUT2D eigenvalue weighted by atomic mass is 9.79. The van der Waals surface area contributed by atoms with E-state index in [9.17, 15) is 8.42 Å². The van der Waals surface area contributed by atoms with Crippen molar-refractivity contribution < 1.29 is 8.42 Å². The maximum absolute atomic E-state index is 12.0. The number of halogens is 1. The van der Waals surface area contributed by atoms with Gasteiger partial charge in [0.1, 0.15) is 0 Å². The molecule has 3 rings (SSSR count). The molecule has 164 valence electrons. The highest BCUT2D eigenvalue weighted by Gasteiger charge is 2.31. The molecule has 0 spiro atoms. The number of nitrogens with one attached hydrogen (secondary N) is 1. The zero-order chi connectivity index (χ0) is 20.0. The Kier molecular flexibility index (Phi) is 9.68. The van der Waals surface area contributed by atoms with Gasteiger partial charge in [0.25, 0.3) is 0 Å². The van der Waals surface area contributed by atoms with Crippen LogP contribution in [0.5, 0.6) is 0 Å². The van der Waals surface area contributed by atoms with Crippen molar-refractivity contribution in [1.29, 1.82) is 0 Å². The van der Waals surface area contributed by atoms with Crippen LogP contribution in [0, 0.1) is 5.92 Å². The highest BCUT2D eigenvalue weighted by atomic mass is 127. The molecule has 2 atom stereocenters. The number of guanidine groups is 1. The Labute approximate surface area is 193 Å². The smallest absolute Gasteiger partial charge is 0.214 e. The number of nitrogens with zero attached hydrogens (tertiary/aromatic N) is 3. The van der Waals surface area contributed by atoms with Crippen molar-refractivity contribution in [3.8, 4) is 0 Å². The van der Waals surface area contributed by atoms with E-state index in [1.54, 1.807) is 4.31 Å². The van der Waals surface area contributed by atoms with E-state index in [2.05, 4.69) is 54.4 Å². The fourth-order valence-electron chi connectivity index (χ4n) is 4.41. The third-order valence-corrected chi connectivity index (χ3v) is 7.89. The van der Waals surface area contributed by atoms with Crippen LogP contribution in [-0.4, -0.2) is 68.6 Å². The highest BCUT2D eigenvalue weighted by molar-refractivity contribution is 14.0. The molecular formula is C21H35IN4O2S. The average Bonchev–Trinajstić information content (AvgIpc) is 3.05. The summed E-state index contributed by atoms with van der Waals surface area (Å²) in [6.07, 6.45) is 2.99. The molecule has 2 saturated heterocycles. The molecule has 0 saturated carbocycles. The molecule has 0 aromatic heterocycles. The van der Waals surface area contributed by atoms with E-state index in [1.807, 2.05) is 0 Å².